The SMILES string of the molecule is CCc1cc(OC2CC2)c(C(C)C)cn1. The van der Waals surface area contributed by atoms with Crippen LogP contribution in [-0.4, -0.2) is 11.1 Å². The Bertz CT molecular complexity index is 342. The zero-order valence-electron chi connectivity index (χ0n) is 9.79. The molecule has 15 heavy (non-hydrogen) atoms. The van der Waals surface area contributed by atoms with E-state index >= 15 is 0 Å². The molecule has 1 heterocycles. The number of nitrogens with zero attached hydrogens (tertiary/aromatic N) is 1. The Morgan fingerprint density at radius 1 is 1.47 bits per heavy atom. The molecule has 0 saturated heterocycles. The summed E-state index contributed by atoms with van der Waals surface area (Å²) in [5.74, 6) is 1.54. The fraction of sp³-hybridized carbons (Fsp3) is 0.615. The Balaban J connectivity index is 2.26. The maximum Gasteiger partial charge on any atom is 0.126 e. The van der Waals surface area contributed by atoms with Gasteiger partial charge in [0, 0.05) is 23.5 Å². The van der Waals surface area contributed by atoms with E-state index in [-0.39, 0.29) is 0 Å². The fourth-order valence-corrected chi connectivity index (χ4v) is 1.58. The molecule has 2 nitrogen and oxygen atoms in total. The van der Waals surface area contributed by atoms with Crippen LogP contribution >= 0.6 is 0 Å². The standard InChI is InChI=1S/C13H19NO/c1-4-10-7-13(15-11-5-6-11)12(8-14-10)9(2)3/h7-9,11H,4-6H2,1-3H3. The molecule has 1 aliphatic rings. The number of hydrogen-bond donors (Lipinski definition) is 0. The lowest BCUT2D eigenvalue weighted by molar-refractivity contribution is 0.298. The molecule has 1 aromatic rings. The Hall–Kier alpha value is -1.05. The van der Waals surface area contributed by atoms with Gasteiger partial charge >= 0.3 is 0 Å². The number of pyridine rings is 1. The maximum absolute atomic E-state index is 5.92. The van der Waals surface area contributed by atoms with Crippen LogP contribution in [0.5, 0.6) is 5.75 Å². The predicted molar refractivity (Wildman–Crippen MR) is 61.4 cm³/mol. The van der Waals surface area contributed by atoms with Crippen molar-refractivity contribution >= 4 is 0 Å². The molecule has 1 fully saturated rings. The summed E-state index contributed by atoms with van der Waals surface area (Å²) in [6.07, 6.45) is 5.83. The summed E-state index contributed by atoms with van der Waals surface area (Å²) in [6.45, 7) is 6.49. The second-order valence-electron chi connectivity index (χ2n) is 4.54. The van der Waals surface area contributed by atoms with Gasteiger partial charge < -0.3 is 4.74 Å². The van der Waals surface area contributed by atoms with Gasteiger partial charge in [0.25, 0.3) is 0 Å². The highest BCUT2D eigenvalue weighted by molar-refractivity contribution is 5.35. The number of ether oxygens (including phenoxy) is 1. The van der Waals surface area contributed by atoms with Gasteiger partial charge in [-0.2, -0.15) is 0 Å². The molecule has 0 unspecified atom stereocenters. The molecular formula is C13H19NO. The molecule has 0 N–H and O–H groups in total. The van der Waals surface area contributed by atoms with Crippen molar-refractivity contribution in [3.63, 3.8) is 0 Å². The first-order valence-corrected chi connectivity index (χ1v) is 5.86. The van der Waals surface area contributed by atoms with Crippen LogP contribution in [0.2, 0.25) is 0 Å². The third kappa shape index (κ3) is 2.49. The summed E-state index contributed by atoms with van der Waals surface area (Å²) in [5, 5.41) is 0. The third-order valence-electron chi connectivity index (χ3n) is 2.75. The third-order valence-corrected chi connectivity index (χ3v) is 2.75. The van der Waals surface area contributed by atoms with Crippen molar-refractivity contribution in [2.75, 3.05) is 0 Å². The Morgan fingerprint density at radius 3 is 2.73 bits per heavy atom. The summed E-state index contributed by atoms with van der Waals surface area (Å²) in [7, 11) is 0. The molecular weight excluding hydrogens is 186 g/mol. The summed E-state index contributed by atoms with van der Waals surface area (Å²) in [6, 6.07) is 2.10. The van der Waals surface area contributed by atoms with E-state index in [9.17, 15) is 0 Å². The lowest BCUT2D eigenvalue weighted by Gasteiger charge is -2.14. The highest BCUT2D eigenvalue weighted by Crippen LogP contribution is 2.32. The average molecular weight is 205 g/mol. The molecule has 2 heteroatoms. The fourth-order valence-electron chi connectivity index (χ4n) is 1.58. The predicted octanol–water partition coefficient (Wildman–Crippen LogP) is 3.31. The largest absolute Gasteiger partial charge is 0.490 e. The highest BCUT2D eigenvalue weighted by Gasteiger charge is 2.25. The Morgan fingerprint density at radius 2 is 2.20 bits per heavy atom. The van der Waals surface area contributed by atoms with Gasteiger partial charge in [-0.05, 0) is 25.2 Å². The van der Waals surface area contributed by atoms with Gasteiger partial charge in [0.05, 0.1) is 6.10 Å². The lowest BCUT2D eigenvalue weighted by atomic mass is 10.0. The van der Waals surface area contributed by atoms with Crippen molar-refractivity contribution in [3.05, 3.63) is 23.5 Å². The number of rotatable bonds is 4. The minimum absolute atomic E-state index is 0.467. The van der Waals surface area contributed by atoms with E-state index in [4.69, 9.17) is 4.74 Å². The molecule has 1 aliphatic carbocycles. The van der Waals surface area contributed by atoms with Crippen molar-refractivity contribution in [2.24, 2.45) is 0 Å². The number of hydrogen-bond acceptors (Lipinski definition) is 2. The minimum Gasteiger partial charge on any atom is -0.490 e. The minimum atomic E-state index is 0.467. The van der Waals surface area contributed by atoms with Crippen LogP contribution in [0.3, 0.4) is 0 Å². The zero-order chi connectivity index (χ0) is 10.8. The average Bonchev–Trinajstić information content (AvgIpc) is 3.01. The molecule has 0 bridgehead atoms. The topological polar surface area (TPSA) is 22.1 Å². The van der Waals surface area contributed by atoms with Gasteiger partial charge in [0.2, 0.25) is 0 Å². The molecule has 0 spiro atoms. The van der Waals surface area contributed by atoms with Crippen molar-refractivity contribution in [1.82, 2.24) is 4.98 Å². The molecule has 0 atom stereocenters. The molecule has 2 rings (SSSR count). The second-order valence-corrected chi connectivity index (χ2v) is 4.54. The monoisotopic (exact) mass is 205 g/mol. The van der Waals surface area contributed by atoms with Crippen molar-refractivity contribution in [2.45, 2.75) is 52.1 Å². The molecule has 0 radical (unpaired) electrons. The molecule has 0 aliphatic heterocycles. The summed E-state index contributed by atoms with van der Waals surface area (Å²) < 4.78 is 5.92. The van der Waals surface area contributed by atoms with Gasteiger partial charge in [-0.1, -0.05) is 20.8 Å². The molecule has 0 aromatic carbocycles. The van der Waals surface area contributed by atoms with Crippen LogP contribution in [0.15, 0.2) is 12.3 Å². The highest BCUT2D eigenvalue weighted by atomic mass is 16.5. The second kappa shape index (κ2) is 4.21. The van der Waals surface area contributed by atoms with E-state index in [1.807, 2.05) is 6.20 Å². The van der Waals surface area contributed by atoms with Gasteiger partial charge in [0.1, 0.15) is 5.75 Å². The van der Waals surface area contributed by atoms with Crippen LogP contribution in [0.25, 0.3) is 0 Å². The van der Waals surface area contributed by atoms with E-state index in [1.54, 1.807) is 0 Å². The smallest absolute Gasteiger partial charge is 0.126 e. The Kier molecular flexibility index (Phi) is 2.94. The van der Waals surface area contributed by atoms with E-state index in [0.717, 1.165) is 17.9 Å². The maximum atomic E-state index is 5.92. The van der Waals surface area contributed by atoms with Crippen molar-refractivity contribution in [3.8, 4) is 5.75 Å². The summed E-state index contributed by atoms with van der Waals surface area (Å²) >= 11 is 0. The van der Waals surface area contributed by atoms with Crippen molar-refractivity contribution in [1.29, 1.82) is 0 Å². The number of aromatic nitrogens is 1. The van der Waals surface area contributed by atoms with E-state index in [2.05, 4.69) is 31.8 Å². The molecule has 1 aromatic heterocycles. The lowest BCUT2D eigenvalue weighted by Crippen LogP contribution is -2.03. The summed E-state index contributed by atoms with van der Waals surface area (Å²) in [4.78, 5) is 4.43. The first-order chi connectivity index (χ1) is 7.20. The molecule has 0 amide bonds. The first kappa shape index (κ1) is 10.5. The first-order valence-electron chi connectivity index (χ1n) is 5.86. The normalized spacial score (nSPS) is 15.7. The Labute approximate surface area is 91.7 Å². The van der Waals surface area contributed by atoms with Crippen molar-refractivity contribution < 1.29 is 4.74 Å². The quantitative estimate of drug-likeness (QED) is 0.752. The van der Waals surface area contributed by atoms with E-state index < -0.39 is 0 Å². The molecule has 1 saturated carbocycles. The number of aryl methyl sites for hydroxylation is 1. The van der Waals surface area contributed by atoms with Gasteiger partial charge in [-0.25, -0.2) is 0 Å². The van der Waals surface area contributed by atoms with E-state index in [1.165, 1.54) is 18.4 Å². The van der Waals surface area contributed by atoms with Gasteiger partial charge in [0.15, 0.2) is 0 Å². The molecule has 82 valence electrons. The van der Waals surface area contributed by atoms with Gasteiger partial charge in [-0.3, -0.25) is 4.98 Å². The zero-order valence-corrected chi connectivity index (χ0v) is 9.79. The van der Waals surface area contributed by atoms with Crippen LogP contribution in [0.1, 0.15) is 50.8 Å². The van der Waals surface area contributed by atoms with E-state index in [0.29, 0.717) is 12.0 Å². The van der Waals surface area contributed by atoms with Crippen LogP contribution in [-0.2, 0) is 6.42 Å². The van der Waals surface area contributed by atoms with Crippen LogP contribution in [0.4, 0.5) is 0 Å². The summed E-state index contributed by atoms with van der Waals surface area (Å²) in [5.41, 5.74) is 2.36. The van der Waals surface area contributed by atoms with Crippen LogP contribution < -0.4 is 4.74 Å². The van der Waals surface area contributed by atoms with Crippen LogP contribution in [0, 0.1) is 0 Å². The van der Waals surface area contributed by atoms with Gasteiger partial charge in [-0.15, -0.1) is 0 Å².